The van der Waals surface area contributed by atoms with Crippen LogP contribution in [0.3, 0.4) is 0 Å². The van der Waals surface area contributed by atoms with Crippen molar-refractivity contribution in [3.63, 3.8) is 0 Å². The zero-order chi connectivity index (χ0) is 18.5. The fraction of sp³-hybridized carbons (Fsp3) is 0.250. The molecular weight excluding hydrogens is 350 g/mol. The summed E-state index contributed by atoms with van der Waals surface area (Å²) in [4.78, 5) is 17.5. The third-order valence-electron chi connectivity index (χ3n) is 4.30. The third kappa shape index (κ3) is 4.29. The topological polar surface area (TPSA) is 59.3 Å². The number of halogens is 1. The number of nitro groups is 1. The second-order valence-corrected chi connectivity index (χ2v) is 6.67. The van der Waals surface area contributed by atoms with Crippen molar-refractivity contribution in [2.24, 2.45) is 0 Å². The largest absolute Gasteiger partial charge is 0.324 e. The summed E-state index contributed by atoms with van der Waals surface area (Å²) < 4.78 is 0. The molecule has 6 heteroatoms. The van der Waals surface area contributed by atoms with E-state index in [0.717, 1.165) is 42.8 Å². The first kappa shape index (κ1) is 18.1. The normalized spacial score (nSPS) is 16.4. The molecule has 1 aliphatic rings. The van der Waals surface area contributed by atoms with Crippen molar-refractivity contribution in [3.8, 4) is 0 Å². The van der Waals surface area contributed by atoms with Crippen molar-refractivity contribution in [1.29, 1.82) is 0 Å². The number of rotatable bonds is 4. The summed E-state index contributed by atoms with van der Waals surface area (Å²) in [5.41, 5.74) is 2.91. The number of benzene rings is 1. The summed E-state index contributed by atoms with van der Waals surface area (Å²) in [6.45, 7) is 2.58. The lowest BCUT2D eigenvalue weighted by molar-refractivity contribution is -0.384. The van der Waals surface area contributed by atoms with E-state index in [4.69, 9.17) is 11.6 Å². The average molecular weight is 370 g/mol. The number of hydrogen-bond acceptors (Lipinski definition) is 4. The molecule has 0 spiro atoms. The number of aromatic nitrogens is 1. The summed E-state index contributed by atoms with van der Waals surface area (Å²) in [7, 11) is 0. The molecule has 5 nitrogen and oxygen atoms in total. The lowest BCUT2D eigenvalue weighted by Crippen LogP contribution is -2.29. The van der Waals surface area contributed by atoms with Crippen LogP contribution in [0.5, 0.6) is 0 Å². The molecule has 1 aromatic heterocycles. The van der Waals surface area contributed by atoms with Gasteiger partial charge < -0.3 is 4.90 Å². The first-order valence-corrected chi connectivity index (χ1v) is 8.95. The maximum atomic E-state index is 11.4. The number of piperidine rings is 1. The number of nitrogens with zero attached hydrogens (tertiary/aromatic N) is 3. The molecule has 0 radical (unpaired) electrons. The highest BCUT2D eigenvalue weighted by atomic mass is 35.5. The first-order valence-electron chi connectivity index (χ1n) is 8.57. The summed E-state index contributed by atoms with van der Waals surface area (Å²) in [5, 5.41) is 12.1. The Kier molecular flexibility index (Phi) is 5.68. The molecule has 1 aromatic carbocycles. The molecule has 2 aromatic rings. The Morgan fingerprint density at radius 1 is 1.19 bits per heavy atom. The Morgan fingerprint density at radius 2 is 1.96 bits per heavy atom. The van der Waals surface area contributed by atoms with Crippen LogP contribution < -0.4 is 4.90 Å². The van der Waals surface area contributed by atoms with Gasteiger partial charge in [0, 0.05) is 29.0 Å². The molecular formula is C20H20ClN3O2. The van der Waals surface area contributed by atoms with Crippen molar-refractivity contribution in [1.82, 2.24) is 4.98 Å². The summed E-state index contributed by atoms with van der Waals surface area (Å²) in [6.07, 6.45) is 8.91. The molecule has 2 heterocycles. The van der Waals surface area contributed by atoms with Crippen molar-refractivity contribution < 1.29 is 4.92 Å². The molecule has 0 atom stereocenters. The lowest BCUT2D eigenvalue weighted by atomic mass is 10.1. The van der Waals surface area contributed by atoms with E-state index in [1.807, 2.05) is 54.3 Å². The fourth-order valence-corrected chi connectivity index (χ4v) is 3.12. The molecule has 1 aliphatic heterocycles. The molecule has 26 heavy (non-hydrogen) atoms. The second kappa shape index (κ2) is 8.15. The average Bonchev–Trinajstić information content (AvgIpc) is 2.63. The SMILES string of the molecule is Cc1ccc([N+](=O)[O-])c(N2CCCC/C2=C\C=Cc2ccc(Cl)cc2)n1. The highest BCUT2D eigenvalue weighted by Gasteiger charge is 2.25. The molecule has 1 saturated heterocycles. The first-order chi connectivity index (χ1) is 12.5. The van der Waals surface area contributed by atoms with Gasteiger partial charge in [-0.15, -0.1) is 0 Å². The molecule has 0 N–H and O–H groups in total. The van der Waals surface area contributed by atoms with Gasteiger partial charge in [-0.05, 0) is 56.0 Å². The minimum atomic E-state index is -0.364. The van der Waals surface area contributed by atoms with Crippen LogP contribution in [0.1, 0.15) is 30.5 Å². The van der Waals surface area contributed by atoms with Crippen LogP contribution in [0.15, 0.2) is 54.2 Å². The van der Waals surface area contributed by atoms with Gasteiger partial charge in [0.25, 0.3) is 0 Å². The molecule has 3 rings (SSSR count). The van der Waals surface area contributed by atoms with Gasteiger partial charge in [-0.25, -0.2) is 4.98 Å². The van der Waals surface area contributed by atoms with E-state index in [1.54, 1.807) is 6.07 Å². The molecule has 0 unspecified atom stereocenters. The van der Waals surface area contributed by atoms with E-state index in [2.05, 4.69) is 4.98 Å². The molecule has 0 saturated carbocycles. The minimum Gasteiger partial charge on any atom is -0.324 e. The lowest BCUT2D eigenvalue weighted by Gasteiger charge is -2.30. The van der Waals surface area contributed by atoms with Crippen molar-refractivity contribution in [2.75, 3.05) is 11.4 Å². The van der Waals surface area contributed by atoms with Gasteiger partial charge in [0.05, 0.1) is 4.92 Å². The summed E-state index contributed by atoms with van der Waals surface area (Å²) in [6, 6.07) is 10.8. The molecule has 0 bridgehead atoms. The number of aryl methyl sites for hydroxylation is 1. The smallest absolute Gasteiger partial charge is 0.311 e. The van der Waals surface area contributed by atoms with Gasteiger partial charge in [0.1, 0.15) is 0 Å². The Hall–Kier alpha value is -2.66. The van der Waals surface area contributed by atoms with Crippen molar-refractivity contribution in [2.45, 2.75) is 26.2 Å². The van der Waals surface area contributed by atoms with E-state index >= 15 is 0 Å². The van der Waals surface area contributed by atoms with Crippen LogP contribution in [0.4, 0.5) is 11.5 Å². The quantitative estimate of drug-likeness (QED) is 0.524. The predicted molar refractivity (Wildman–Crippen MR) is 105 cm³/mol. The molecule has 0 aliphatic carbocycles. The van der Waals surface area contributed by atoms with Crippen molar-refractivity contribution >= 4 is 29.2 Å². The maximum Gasteiger partial charge on any atom is 0.311 e. The van der Waals surface area contributed by atoms with Crippen LogP contribution in [0.2, 0.25) is 5.02 Å². The highest BCUT2D eigenvalue weighted by molar-refractivity contribution is 6.30. The zero-order valence-corrected chi connectivity index (χ0v) is 15.3. The monoisotopic (exact) mass is 369 g/mol. The Labute approximate surface area is 157 Å². The summed E-state index contributed by atoms with van der Waals surface area (Å²) in [5.74, 6) is 0.431. The van der Waals surface area contributed by atoms with E-state index in [1.165, 1.54) is 6.07 Å². The summed E-state index contributed by atoms with van der Waals surface area (Å²) >= 11 is 5.90. The molecule has 134 valence electrons. The van der Waals surface area contributed by atoms with Crippen LogP contribution in [-0.4, -0.2) is 16.5 Å². The van der Waals surface area contributed by atoms with Crippen LogP contribution in [-0.2, 0) is 0 Å². The number of allylic oxidation sites excluding steroid dienone is 3. The van der Waals surface area contributed by atoms with Gasteiger partial charge in [-0.1, -0.05) is 35.9 Å². The van der Waals surface area contributed by atoms with E-state index < -0.39 is 0 Å². The zero-order valence-electron chi connectivity index (χ0n) is 14.6. The predicted octanol–water partition coefficient (Wildman–Crippen LogP) is 5.54. The van der Waals surface area contributed by atoms with Gasteiger partial charge in [-0.2, -0.15) is 0 Å². The van der Waals surface area contributed by atoms with E-state index in [-0.39, 0.29) is 10.6 Å². The van der Waals surface area contributed by atoms with E-state index in [0.29, 0.717) is 10.8 Å². The third-order valence-corrected chi connectivity index (χ3v) is 4.56. The van der Waals surface area contributed by atoms with Crippen LogP contribution >= 0.6 is 11.6 Å². The number of hydrogen-bond donors (Lipinski definition) is 0. The van der Waals surface area contributed by atoms with Crippen LogP contribution in [0.25, 0.3) is 6.08 Å². The number of pyridine rings is 1. The maximum absolute atomic E-state index is 11.4. The molecule has 1 fully saturated rings. The van der Waals surface area contributed by atoms with Crippen LogP contribution in [0, 0.1) is 17.0 Å². The number of anilines is 1. The van der Waals surface area contributed by atoms with Gasteiger partial charge in [0.2, 0.25) is 5.82 Å². The Balaban J connectivity index is 1.90. The Morgan fingerprint density at radius 3 is 2.69 bits per heavy atom. The van der Waals surface area contributed by atoms with Gasteiger partial charge >= 0.3 is 5.69 Å². The standard InChI is InChI=1S/C20H20ClN3O2/c1-15-8-13-19(24(25)26)20(22-15)23-14-3-2-6-18(23)7-4-5-16-9-11-17(21)12-10-16/h4-5,7-13H,2-3,6,14H2,1H3/b5-4?,18-7+. The van der Waals surface area contributed by atoms with Crippen molar-refractivity contribution in [3.05, 3.63) is 80.6 Å². The Bertz CT molecular complexity index is 860. The minimum absolute atomic E-state index is 0.0464. The van der Waals surface area contributed by atoms with Gasteiger partial charge in [-0.3, -0.25) is 10.1 Å². The highest BCUT2D eigenvalue weighted by Crippen LogP contribution is 2.33. The van der Waals surface area contributed by atoms with Gasteiger partial charge in [0.15, 0.2) is 0 Å². The fourth-order valence-electron chi connectivity index (χ4n) is 2.99. The second-order valence-electron chi connectivity index (χ2n) is 6.23. The van der Waals surface area contributed by atoms with E-state index in [9.17, 15) is 10.1 Å². The molecule has 0 amide bonds.